The first-order valence-electron chi connectivity index (χ1n) is 5.40. The lowest BCUT2D eigenvalue weighted by Crippen LogP contribution is -2.12. The minimum absolute atomic E-state index is 0.0369. The van der Waals surface area contributed by atoms with Gasteiger partial charge in [0.25, 0.3) is 0 Å². The van der Waals surface area contributed by atoms with Crippen LogP contribution in [0.15, 0.2) is 21.0 Å². The summed E-state index contributed by atoms with van der Waals surface area (Å²) < 4.78 is 32.4. The smallest absolute Gasteiger partial charge is 0.201 e. The van der Waals surface area contributed by atoms with E-state index in [1.54, 1.807) is 6.07 Å². The summed E-state index contributed by atoms with van der Waals surface area (Å²) in [7, 11) is 0. The van der Waals surface area contributed by atoms with Gasteiger partial charge in [0, 0.05) is 9.86 Å². The fourth-order valence-electron chi connectivity index (χ4n) is 1.62. The Morgan fingerprint density at radius 1 is 1.35 bits per heavy atom. The molecule has 2 rings (SSSR count). The van der Waals surface area contributed by atoms with Gasteiger partial charge in [0.15, 0.2) is 11.4 Å². The Bertz CT molecular complexity index is 539. The van der Waals surface area contributed by atoms with E-state index in [0.29, 0.717) is 22.2 Å². The molecule has 0 unspecified atom stereocenters. The second-order valence-corrected chi connectivity index (χ2v) is 4.64. The van der Waals surface area contributed by atoms with Crippen LogP contribution in [0, 0.1) is 11.6 Å². The molecular formula is C12H12BrF2NO. The zero-order valence-electron chi connectivity index (χ0n) is 9.32. The Hall–Kier alpha value is -0.940. The molecule has 0 amide bonds. The molecule has 1 heterocycles. The van der Waals surface area contributed by atoms with Crippen LogP contribution in [-0.4, -0.2) is 6.54 Å². The van der Waals surface area contributed by atoms with Crippen molar-refractivity contribution < 1.29 is 13.2 Å². The number of hydrogen-bond acceptors (Lipinski definition) is 2. The molecule has 2 nitrogen and oxygen atoms in total. The van der Waals surface area contributed by atoms with E-state index in [-0.39, 0.29) is 5.58 Å². The van der Waals surface area contributed by atoms with Crippen molar-refractivity contribution in [2.75, 3.05) is 6.54 Å². The van der Waals surface area contributed by atoms with Crippen LogP contribution in [0.3, 0.4) is 0 Å². The second-order valence-electron chi connectivity index (χ2n) is 3.79. The summed E-state index contributed by atoms with van der Waals surface area (Å²) in [5, 5.41) is 3.69. The predicted octanol–water partition coefficient (Wildman–Crippen LogP) is 3.97. The second kappa shape index (κ2) is 5.14. The van der Waals surface area contributed by atoms with Crippen LogP contribution in [-0.2, 0) is 6.54 Å². The molecule has 0 fully saturated rings. The number of nitrogens with one attached hydrogen (secondary N) is 1. The maximum absolute atomic E-state index is 13.5. The van der Waals surface area contributed by atoms with Gasteiger partial charge in [-0.05, 0) is 41.0 Å². The molecule has 0 aliphatic heterocycles. The molecule has 0 spiro atoms. The topological polar surface area (TPSA) is 25.2 Å². The summed E-state index contributed by atoms with van der Waals surface area (Å²) in [6.45, 7) is 3.42. The predicted molar refractivity (Wildman–Crippen MR) is 65.8 cm³/mol. The zero-order valence-corrected chi connectivity index (χ0v) is 10.9. The number of halogens is 3. The third-order valence-corrected chi connectivity index (χ3v) is 3.08. The quantitative estimate of drug-likeness (QED) is 0.683. The maximum atomic E-state index is 13.5. The van der Waals surface area contributed by atoms with Gasteiger partial charge in [-0.3, -0.25) is 0 Å². The van der Waals surface area contributed by atoms with Gasteiger partial charge in [-0.2, -0.15) is 4.39 Å². The highest BCUT2D eigenvalue weighted by Crippen LogP contribution is 2.31. The standard InChI is InChI=1S/C12H12BrF2NO/c1-2-3-16-6-7-4-8-9(13)5-10(14)11(15)12(8)17-7/h4-5,16H,2-3,6H2,1H3. The Morgan fingerprint density at radius 3 is 2.82 bits per heavy atom. The summed E-state index contributed by atoms with van der Waals surface area (Å²) in [6.07, 6.45) is 1.01. The maximum Gasteiger partial charge on any atom is 0.201 e. The summed E-state index contributed by atoms with van der Waals surface area (Å²) >= 11 is 3.19. The molecule has 0 bridgehead atoms. The van der Waals surface area contributed by atoms with Crippen molar-refractivity contribution in [3.63, 3.8) is 0 Å². The van der Waals surface area contributed by atoms with Gasteiger partial charge in [-0.25, -0.2) is 4.39 Å². The first-order valence-corrected chi connectivity index (χ1v) is 6.19. The van der Waals surface area contributed by atoms with Crippen LogP contribution in [0.25, 0.3) is 11.0 Å². The Morgan fingerprint density at radius 2 is 2.12 bits per heavy atom. The van der Waals surface area contributed by atoms with Gasteiger partial charge in [0.1, 0.15) is 5.76 Å². The average molecular weight is 304 g/mol. The highest BCUT2D eigenvalue weighted by Gasteiger charge is 2.15. The van der Waals surface area contributed by atoms with Crippen LogP contribution >= 0.6 is 15.9 Å². The van der Waals surface area contributed by atoms with Crippen molar-refractivity contribution >= 4 is 26.9 Å². The molecule has 1 aromatic heterocycles. The van der Waals surface area contributed by atoms with E-state index >= 15 is 0 Å². The zero-order chi connectivity index (χ0) is 12.4. The van der Waals surface area contributed by atoms with E-state index in [4.69, 9.17) is 4.42 Å². The van der Waals surface area contributed by atoms with Crippen molar-refractivity contribution in [2.45, 2.75) is 19.9 Å². The molecule has 0 radical (unpaired) electrons. The lowest BCUT2D eigenvalue weighted by atomic mass is 10.2. The summed E-state index contributed by atoms with van der Waals surface area (Å²) in [5.74, 6) is -1.25. The van der Waals surface area contributed by atoms with Crippen LogP contribution in [0.4, 0.5) is 8.78 Å². The minimum atomic E-state index is -0.940. The Kier molecular flexibility index (Phi) is 3.79. The molecular weight excluding hydrogens is 292 g/mol. The fourth-order valence-corrected chi connectivity index (χ4v) is 2.11. The Labute approximate surface area is 106 Å². The number of hydrogen-bond donors (Lipinski definition) is 1. The van der Waals surface area contributed by atoms with E-state index in [9.17, 15) is 8.78 Å². The first kappa shape index (κ1) is 12.5. The van der Waals surface area contributed by atoms with E-state index in [1.807, 2.05) is 0 Å². The highest BCUT2D eigenvalue weighted by atomic mass is 79.9. The molecule has 0 aliphatic rings. The molecule has 1 aromatic carbocycles. The normalized spacial score (nSPS) is 11.3. The van der Waals surface area contributed by atoms with Gasteiger partial charge in [-0.1, -0.05) is 6.92 Å². The summed E-state index contributed by atoms with van der Waals surface area (Å²) in [4.78, 5) is 0. The third-order valence-electron chi connectivity index (χ3n) is 2.43. The molecule has 0 atom stereocenters. The lowest BCUT2D eigenvalue weighted by Gasteiger charge is -1.98. The largest absolute Gasteiger partial charge is 0.456 e. The van der Waals surface area contributed by atoms with E-state index in [0.717, 1.165) is 19.0 Å². The van der Waals surface area contributed by atoms with Crippen LogP contribution in [0.1, 0.15) is 19.1 Å². The summed E-state index contributed by atoms with van der Waals surface area (Å²) in [5.41, 5.74) is -0.0369. The van der Waals surface area contributed by atoms with E-state index in [2.05, 4.69) is 28.2 Å². The average Bonchev–Trinajstić information content (AvgIpc) is 2.71. The number of rotatable bonds is 4. The molecule has 5 heteroatoms. The summed E-state index contributed by atoms with van der Waals surface area (Å²) in [6, 6.07) is 2.82. The SMILES string of the molecule is CCCNCc1cc2c(Br)cc(F)c(F)c2o1. The minimum Gasteiger partial charge on any atom is -0.456 e. The van der Waals surface area contributed by atoms with Crippen LogP contribution in [0.5, 0.6) is 0 Å². The van der Waals surface area contributed by atoms with Gasteiger partial charge in [0.2, 0.25) is 5.82 Å². The van der Waals surface area contributed by atoms with Crippen LogP contribution < -0.4 is 5.32 Å². The molecule has 1 N–H and O–H groups in total. The van der Waals surface area contributed by atoms with Crippen LogP contribution in [0.2, 0.25) is 0 Å². The fraction of sp³-hybridized carbons (Fsp3) is 0.333. The Balaban J connectivity index is 2.36. The molecule has 17 heavy (non-hydrogen) atoms. The molecule has 92 valence electrons. The monoisotopic (exact) mass is 303 g/mol. The van der Waals surface area contributed by atoms with Gasteiger partial charge < -0.3 is 9.73 Å². The molecule has 2 aromatic rings. The van der Waals surface area contributed by atoms with Crippen molar-refractivity contribution in [1.29, 1.82) is 0 Å². The molecule has 0 saturated heterocycles. The van der Waals surface area contributed by atoms with Gasteiger partial charge in [-0.15, -0.1) is 0 Å². The highest BCUT2D eigenvalue weighted by molar-refractivity contribution is 9.10. The first-order chi connectivity index (χ1) is 8.13. The van der Waals surface area contributed by atoms with E-state index < -0.39 is 11.6 Å². The third kappa shape index (κ3) is 2.50. The van der Waals surface area contributed by atoms with Gasteiger partial charge >= 0.3 is 0 Å². The number of benzene rings is 1. The lowest BCUT2D eigenvalue weighted by molar-refractivity contribution is 0.468. The van der Waals surface area contributed by atoms with E-state index in [1.165, 1.54) is 0 Å². The van der Waals surface area contributed by atoms with Gasteiger partial charge in [0.05, 0.1) is 6.54 Å². The van der Waals surface area contributed by atoms with Crippen molar-refractivity contribution in [3.05, 3.63) is 34.0 Å². The molecule has 0 aliphatic carbocycles. The van der Waals surface area contributed by atoms with Crippen molar-refractivity contribution in [2.24, 2.45) is 0 Å². The molecule has 0 saturated carbocycles. The number of furan rings is 1. The van der Waals surface area contributed by atoms with Crippen molar-refractivity contribution in [1.82, 2.24) is 5.32 Å². The number of fused-ring (bicyclic) bond motifs is 1. The van der Waals surface area contributed by atoms with Crippen molar-refractivity contribution in [3.8, 4) is 0 Å².